The van der Waals surface area contributed by atoms with Gasteiger partial charge in [-0.1, -0.05) is 36.4 Å². The summed E-state index contributed by atoms with van der Waals surface area (Å²) in [6.07, 6.45) is 1.80. The molecule has 0 aliphatic carbocycles. The number of aryl methyl sites for hydroxylation is 2. The monoisotopic (exact) mass is 284 g/mol. The maximum absolute atomic E-state index is 5.74. The lowest BCUT2D eigenvalue weighted by molar-refractivity contribution is 0.285. The molecule has 3 heteroatoms. The summed E-state index contributed by atoms with van der Waals surface area (Å²) in [5.74, 6) is 6.60. The molecule has 0 heterocycles. The van der Waals surface area contributed by atoms with Gasteiger partial charge < -0.3 is 4.74 Å². The van der Waals surface area contributed by atoms with Crippen LogP contribution in [0.2, 0.25) is 0 Å². The molecule has 112 valence electrons. The minimum Gasteiger partial charge on any atom is -0.494 e. The van der Waals surface area contributed by atoms with E-state index >= 15 is 0 Å². The fraction of sp³-hybridized carbons (Fsp3) is 0.333. The number of rotatable bonds is 7. The molecule has 0 aliphatic heterocycles. The highest BCUT2D eigenvalue weighted by Gasteiger charge is 2.11. The van der Waals surface area contributed by atoms with Crippen molar-refractivity contribution in [3.63, 3.8) is 0 Å². The Morgan fingerprint density at radius 1 is 1.00 bits per heavy atom. The Bertz CT molecular complexity index is 534. The molecule has 3 N–H and O–H groups in total. The quantitative estimate of drug-likeness (QED) is 0.606. The molecule has 3 nitrogen and oxygen atoms in total. The van der Waals surface area contributed by atoms with Crippen LogP contribution in [0.1, 0.15) is 23.1 Å². The van der Waals surface area contributed by atoms with Crippen molar-refractivity contribution in [2.24, 2.45) is 5.84 Å². The number of hydrazine groups is 1. The maximum Gasteiger partial charge on any atom is 0.119 e. The first-order chi connectivity index (χ1) is 10.2. The van der Waals surface area contributed by atoms with E-state index in [2.05, 4.69) is 37.5 Å². The molecule has 1 atom stereocenters. The first-order valence-corrected chi connectivity index (χ1v) is 7.39. The molecular formula is C18H24N2O. The maximum atomic E-state index is 5.74. The Hall–Kier alpha value is -1.84. The van der Waals surface area contributed by atoms with Gasteiger partial charge in [-0.2, -0.15) is 0 Å². The smallest absolute Gasteiger partial charge is 0.119 e. The van der Waals surface area contributed by atoms with Gasteiger partial charge in [-0.3, -0.25) is 11.3 Å². The van der Waals surface area contributed by atoms with Crippen molar-refractivity contribution in [3.05, 3.63) is 65.2 Å². The zero-order chi connectivity index (χ0) is 15.1. The average Bonchev–Trinajstić information content (AvgIpc) is 2.50. The molecule has 2 aromatic carbocycles. The number of hydrogen-bond donors (Lipinski definition) is 2. The van der Waals surface area contributed by atoms with Crippen LogP contribution in [-0.4, -0.2) is 12.6 Å². The topological polar surface area (TPSA) is 47.3 Å². The first kappa shape index (κ1) is 15.5. The third-order valence-electron chi connectivity index (χ3n) is 3.81. The van der Waals surface area contributed by atoms with Gasteiger partial charge >= 0.3 is 0 Å². The summed E-state index contributed by atoms with van der Waals surface area (Å²) in [5.41, 5.74) is 6.92. The summed E-state index contributed by atoms with van der Waals surface area (Å²) in [6.45, 7) is 4.95. The van der Waals surface area contributed by atoms with Crippen molar-refractivity contribution < 1.29 is 4.74 Å². The van der Waals surface area contributed by atoms with Gasteiger partial charge in [-0.15, -0.1) is 0 Å². The molecule has 0 radical (unpaired) electrons. The van der Waals surface area contributed by atoms with Gasteiger partial charge in [-0.05, 0) is 55.5 Å². The van der Waals surface area contributed by atoms with Crippen LogP contribution >= 0.6 is 0 Å². The molecular weight excluding hydrogens is 260 g/mol. The van der Waals surface area contributed by atoms with Gasteiger partial charge in [0.15, 0.2) is 0 Å². The van der Waals surface area contributed by atoms with E-state index in [1.54, 1.807) is 0 Å². The van der Waals surface area contributed by atoms with Crippen molar-refractivity contribution >= 4 is 0 Å². The summed E-state index contributed by atoms with van der Waals surface area (Å²) in [4.78, 5) is 0. The van der Waals surface area contributed by atoms with Crippen molar-refractivity contribution in [2.45, 2.75) is 32.7 Å². The molecule has 0 aromatic heterocycles. The molecule has 0 fully saturated rings. The highest BCUT2D eigenvalue weighted by Crippen LogP contribution is 2.16. The summed E-state index contributed by atoms with van der Waals surface area (Å²) in [6, 6.07) is 16.5. The van der Waals surface area contributed by atoms with Crippen LogP contribution in [0, 0.1) is 13.8 Å². The molecule has 0 saturated carbocycles. The second kappa shape index (κ2) is 7.81. The van der Waals surface area contributed by atoms with Gasteiger partial charge in [0.25, 0.3) is 0 Å². The molecule has 0 amide bonds. The largest absolute Gasteiger partial charge is 0.494 e. The predicted octanol–water partition coefficient (Wildman–Crippen LogP) is 3.15. The van der Waals surface area contributed by atoms with Gasteiger partial charge in [-0.25, -0.2) is 0 Å². The van der Waals surface area contributed by atoms with E-state index in [9.17, 15) is 0 Å². The third kappa shape index (κ3) is 4.59. The van der Waals surface area contributed by atoms with E-state index in [1.165, 1.54) is 16.7 Å². The van der Waals surface area contributed by atoms with Gasteiger partial charge in [0, 0.05) is 6.04 Å². The molecule has 0 saturated heterocycles. The Labute approximate surface area is 127 Å². The van der Waals surface area contributed by atoms with E-state index in [4.69, 9.17) is 10.6 Å². The summed E-state index contributed by atoms with van der Waals surface area (Å²) in [7, 11) is 0. The fourth-order valence-electron chi connectivity index (χ4n) is 2.50. The van der Waals surface area contributed by atoms with Crippen molar-refractivity contribution in [1.82, 2.24) is 5.43 Å². The predicted molar refractivity (Wildman–Crippen MR) is 87.3 cm³/mol. The lowest BCUT2D eigenvalue weighted by atomic mass is 9.95. The SMILES string of the molecule is Cc1cccc(C)c1CC(CCOc1ccccc1)NN. The summed E-state index contributed by atoms with van der Waals surface area (Å²) >= 11 is 0. The van der Waals surface area contributed by atoms with Crippen molar-refractivity contribution in [3.8, 4) is 5.75 Å². The number of ether oxygens (including phenoxy) is 1. The van der Waals surface area contributed by atoms with Crippen LogP contribution in [-0.2, 0) is 6.42 Å². The standard InChI is InChI=1S/C18H24N2O/c1-14-7-6-8-15(2)18(14)13-16(20-19)11-12-21-17-9-4-3-5-10-17/h3-10,16,20H,11-13,19H2,1-2H3. The second-order valence-electron chi connectivity index (χ2n) is 5.39. The van der Waals surface area contributed by atoms with Crippen LogP contribution in [0.4, 0.5) is 0 Å². The van der Waals surface area contributed by atoms with E-state index in [1.807, 2.05) is 30.3 Å². The first-order valence-electron chi connectivity index (χ1n) is 7.39. The minimum absolute atomic E-state index is 0.216. The molecule has 0 bridgehead atoms. The number of nitrogens with one attached hydrogen (secondary N) is 1. The number of nitrogens with two attached hydrogens (primary N) is 1. The van der Waals surface area contributed by atoms with Crippen LogP contribution in [0.15, 0.2) is 48.5 Å². The van der Waals surface area contributed by atoms with Crippen LogP contribution in [0.3, 0.4) is 0 Å². The zero-order valence-electron chi connectivity index (χ0n) is 12.8. The zero-order valence-corrected chi connectivity index (χ0v) is 12.8. The summed E-state index contributed by atoms with van der Waals surface area (Å²) in [5, 5.41) is 0. The van der Waals surface area contributed by atoms with Gasteiger partial charge in [0.2, 0.25) is 0 Å². The van der Waals surface area contributed by atoms with E-state index in [0.29, 0.717) is 6.61 Å². The van der Waals surface area contributed by atoms with Gasteiger partial charge in [0.1, 0.15) is 5.75 Å². The Morgan fingerprint density at radius 3 is 2.29 bits per heavy atom. The molecule has 0 aliphatic rings. The fourth-order valence-corrected chi connectivity index (χ4v) is 2.50. The second-order valence-corrected chi connectivity index (χ2v) is 5.39. The molecule has 0 spiro atoms. The average molecular weight is 284 g/mol. The van der Waals surface area contributed by atoms with Crippen molar-refractivity contribution in [2.75, 3.05) is 6.61 Å². The molecule has 1 unspecified atom stereocenters. The van der Waals surface area contributed by atoms with E-state index in [-0.39, 0.29) is 6.04 Å². The molecule has 2 aromatic rings. The highest BCUT2D eigenvalue weighted by atomic mass is 16.5. The van der Waals surface area contributed by atoms with Crippen molar-refractivity contribution in [1.29, 1.82) is 0 Å². The third-order valence-corrected chi connectivity index (χ3v) is 3.81. The highest BCUT2D eigenvalue weighted by molar-refractivity contribution is 5.34. The van der Waals surface area contributed by atoms with E-state index < -0.39 is 0 Å². The lowest BCUT2D eigenvalue weighted by Crippen LogP contribution is -2.38. The molecule has 2 rings (SSSR count). The number of benzene rings is 2. The number of para-hydroxylation sites is 1. The van der Waals surface area contributed by atoms with Crippen LogP contribution < -0.4 is 16.0 Å². The Kier molecular flexibility index (Phi) is 5.78. The Balaban J connectivity index is 1.89. The summed E-state index contributed by atoms with van der Waals surface area (Å²) < 4.78 is 5.74. The molecule has 21 heavy (non-hydrogen) atoms. The normalized spacial score (nSPS) is 12.1. The van der Waals surface area contributed by atoms with Crippen LogP contribution in [0.5, 0.6) is 5.75 Å². The Morgan fingerprint density at radius 2 is 1.67 bits per heavy atom. The van der Waals surface area contributed by atoms with Gasteiger partial charge in [0.05, 0.1) is 6.61 Å². The van der Waals surface area contributed by atoms with Crippen LogP contribution in [0.25, 0.3) is 0 Å². The lowest BCUT2D eigenvalue weighted by Gasteiger charge is -2.19. The number of hydrogen-bond acceptors (Lipinski definition) is 3. The minimum atomic E-state index is 0.216. The van der Waals surface area contributed by atoms with E-state index in [0.717, 1.165) is 18.6 Å².